The number of benzene rings is 1. The van der Waals surface area contributed by atoms with Crippen LogP contribution < -0.4 is 10.2 Å². The molecule has 6 heteroatoms. The number of aryl methyl sites for hydroxylation is 2. The molecule has 0 aliphatic carbocycles. The first kappa shape index (κ1) is 17.2. The summed E-state index contributed by atoms with van der Waals surface area (Å²) in [6.07, 6.45) is 0. The number of halogens is 1. The minimum Gasteiger partial charge on any atom is -0.339 e. The molecule has 5 nitrogen and oxygen atoms in total. The van der Waals surface area contributed by atoms with Crippen LogP contribution in [-0.4, -0.2) is 47.6 Å². The second kappa shape index (κ2) is 7.49. The van der Waals surface area contributed by atoms with Crippen LogP contribution in [0.15, 0.2) is 28.7 Å². The van der Waals surface area contributed by atoms with Crippen molar-refractivity contribution in [2.45, 2.75) is 20.8 Å². The van der Waals surface area contributed by atoms with Gasteiger partial charge in [-0.05, 0) is 54.0 Å². The van der Waals surface area contributed by atoms with E-state index in [-0.39, 0.29) is 0 Å². The molecule has 0 unspecified atom stereocenters. The van der Waals surface area contributed by atoms with Gasteiger partial charge in [-0.25, -0.2) is 4.98 Å². The van der Waals surface area contributed by atoms with Gasteiger partial charge in [-0.3, -0.25) is 0 Å². The fourth-order valence-electron chi connectivity index (χ4n) is 2.88. The molecule has 0 saturated carbocycles. The Morgan fingerprint density at radius 2 is 1.83 bits per heavy atom. The van der Waals surface area contributed by atoms with Gasteiger partial charge in [-0.1, -0.05) is 13.0 Å². The van der Waals surface area contributed by atoms with Gasteiger partial charge in [0.2, 0.25) is 5.95 Å². The maximum absolute atomic E-state index is 4.73. The van der Waals surface area contributed by atoms with Gasteiger partial charge in [-0.15, -0.1) is 0 Å². The minimum atomic E-state index is 0.816. The Morgan fingerprint density at radius 1 is 1.08 bits per heavy atom. The van der Waals surface area contributed by atoms with E-state index >= 15 is 0 Å². The lowest BCUT2D eigenvalue weighted by Crippen LogP contribution is -2.46. The van der Waals surface area contributed by atoms with Gasteiger partial charge >= 0.3 is 0 Å². The van der Waals surface area contributed by atoms with Gasteiger partial charge in [0.25, 0.3) is 0 Å². The largest absolute Gasteiger partial charge is 0.339 e. The number of anilines is 3. The van der Waals surface area contributed by atoms with Crippen LogP contribution in [0.5, 0.6) is 0 Å². The molecule has 0 spiro atoms. The molecule has 1 fully saturated rings. The average molecular weight is 390 g/mol. The summed E-state index contributed by atoms with van der Waals surface area (Å²) >= 11 is 3.61. The average Bonchev–Trinajstić information content (AvgIpc) is 2.57. The Balaban J connectivity index is 1.79. The number of piperazine rings is 1. The van der Waals surface area contributed by atoms with E-state index in [1.165, 1.54) is 5.56 Å². The van der Waals surface area contributed by atoms with E-state index in [4.69, 9.17) is 4.98 Å². The molecule has 24 heavy (non-hydrogen) atoms. The second-order valence-corrected chi connectivity index (χ2v) is 7.08. The summed E-state index contributed by atoms with van der Waals surface area (Å²) in [5, 5.41) is 3.40. The Labute approximate surface area is 152 Å². The number of rotatable bonds is 4. The molecule has 0 radical (unpaired) electrons. The van der Waals surface area contributed by atoms with E-state index in [1.54, 1.807) is 0 Å². The van der Waals surface area contributed by atoms with Crippen molar-refractivity contribution in [2.24, 2.45) is 0 Å². The third-order valence-electron chi connectivity index (χ3n) is 4.33. The van der Waals surface area contributed by atoms with E-state index in [2.05, 4.69) is 68.1 Å². The lowest BCUT2D eigenvalue weighted by atomic mass is 10.2. The zero-order valence-electron chi connectivity index (χ0n) is 14.5. The molecule has 1 aromatic heterocycles. The highest BCUT2D eigenvalue weighted by atomic mass is 79.9. The molecule has 2 heterocycles. The van der Waals surface area contributed by atoms with E-state index in [0.717, 1.165) is 60.3 Å². The fourth-order valence-corrected chi connectivity index (χ4v) is 3.47. The van der Waals surface area contributed by atoms with Crippen molar-refractivity contribution in [3.05, 3.63) is 40.0 Å². The summed E-state index contributed by atoms with van der Waals surface area (Å²) in [4.78, 5) is 14.1. The number of nitrogens with one attached hydrogen (secondary N) is 1. The molecule has 2 aromatic rings. The first-order valence-corrected chi connectivity index (χ1v) is 9.20. The fraction of sp³-hybridized carbons (Fsp3) is 0.444. The highest BCUT2D eigenvalue weighted by Crippen LogP contribution is 2.27. The van der Waals surface area contributed by atoms with Crippen molar-refractivity contribution in [2.75, 3.05) is 42.9 Å². The van der Waals surface area contributed by atoms with Crippen LogP contribution in [0.1, 0.15) is 18.2 Å². The molecule has 1 aliphatic rings. The van der Waals surface area contributed by atoms with Gasteiger partial charge in [-0.2, -0.15) is 4.98 Å². The van der Waals surface area contributed by atoms with Gasteiger partial charge in [0.1, 0.15) is 5.82 Å². The Morgan fingerprint density at radius 3 is 2.50 bits per heavy atom. The summed E-state index contributed by atoms with van der Waals surface area (Å²) in [7, 11) is 0. The first-order chi connectivity index (χ1) is 11.5. The number of hydrogen-bond acceptors (Lipinski definition) is 5. The van der Waals surface area contributed by atoms with Gasteiger partial charge in [0, 0.05) is 42.4 Å². The number of hydrogen-bond donors (Lipinski definition) is 1. The number of nitrogens with zero attached hydrogens (tertiary/aromatic N) is 4. The molecule has 0 amide bonds. The quantitative estimate of drug-likeness (QED) is 0.862. The molecular formula is C18H24BrN5. The lowest BCUT2D eigenvalue weighted by molar-refractivity contribution is 0.270. The number of likely N-dealkylation sites (N-methyl/N-ethyl adjacent to an activating group) is 1. The molecule has 1 aromatic carbocycles. The first-order valence-electron chi connectivity index (χ1n) is 8.41. The summed E-state index contributed by atoms with van der Waals surface area (Å²) in [6, 6.07) is 8.24. The highest BCUT2D eigenvalue weighted by molar-refractivity contribution is 9.10. The molecule has 0 atom stereocenters. The molecule has 3 rings (SSSR count). The van der Waals surface area contributed by atoms with Crippen LogP contribution in [0.3, 0.4) is 0 Å². The van der Waals surface area contributed by atoms with Crippen LogP contribution in [0, 0.1) is 13.8 Å². The second-order valence-electron chi connectivity index (χ2n) is 6.22. The SMILES string of the molecule is CCN1CCN(c2nc(C)cc(Nc3ccc(C)cc3Br)n2)CC1. The maximum atomic E-state index is 4.73. The Bertz CT molecular complexity index is 711. The van der Waals surface area contributed by atoms with Crippen molar-refractivity contribution >= 4 is 33.4 Å². The standard InChI is InChI=1S/C18H24BrN5/c1-4-23-7-9-24(10-8-23)18-20-14(3)12-17(22-18)21-16-6-5-13(2)11-15(16)19/h5-6,11-12H,4,7-10H2,1-3H3,(H,20,21,22). The van der Waals surface area contributed by atoms with Gasteiger partial charge < -0.3 is 15.1 Å². The van der Waals surface area contributed by atoms with Crippen LogP contribution >= 0.6 is 15.9 Å². The van der Waals surface area contributed by atoms with Crippen LogP contribution in [0.25, 0.3) is 0 Å². The topological polar surface area (TPSA) is 44.3 Å². The third kappa shape index (κ3) is 4.05. The molecule has 1 aliphatic heterocycles. The van der Waals surface area contributed by atoms with E-state index in [1.807, 2.05) is 13.0 Å². The number of aromatic nitrogens is 2. The van der Waals surface area contributed by atoms with Crippen LogP contribution in [0.4, 0.5) is 17.5 Å². The van der Waals surface area contributed by atoms with Crippen molar-refractivity contribution in [3.63, 3.8) is 0 Å². The maximum Gasteiger partial charge on any atom is 0.227 e. The summed E-state index contributed by atoms with van der Waals surface area (Å²) < 4.78 is 1.04. The molecule has 128 valence electrons. The monoisotopic (exact) mass is 389 g/mol. The van der Waals surface area contributed by atoms with E-state index in [0.29, 0.717) is 0 Å². The normalized spacial score (nSPS) is 15.6. The lowest BCUT2D eigenvalue weighted by Gasteiger charge is -2.34. The van der Waals surface area contributed by atoms with Crippen molar-refractivity contribution in [1.29, 1.82) is 0 Å². The van der Waals surface area contributed by atoms with Crippen molar-refractivity contribution in [3.8, 4) is 0 Å². The molecular weight excluding hydrogens is 366 g/mol. The molecule has 0 bridgehead atoms. The smallest absolute Gasteiger partial charge is 0.227 e. The van der Waals surface area contributed by atoms with Gasteiger partial charge in [0.15, 0.2) is 0 Å². The molecule has 1 saturated heterocycles. The van der Waals surface area contributed by atoms with Crippen molar-refractivity contribution < 1.29 is 0 Å². The Hall–Kier alpha value is -1.66. The summed E-state index contributed by atoms with van der Waals surface area (Å²) in [6.45, 7) is 11.5. The van der Waals surface area contributed by atoms with Crippen LogP contribution in [0.2, 0.25) is 0 Å². The van der Waals surface area contributed by atoms with E-state index < -0.39 is 0 Å². The predicted molar refractivity (Wildman–Crippen MR) is 103 cm³/mol. The Kier molecular flexibility index (Phi) is 5.36. The predicted octanol–water partition coefficient (Wildman–Crippen LogP) is 3.74. The zero-order valence-corrected chi connectivity index (χ0v) is 16.1. The minimum absolute atomic E-state index is 0.816. The van der Waals surface area contributed by atoms with E-state index in [9.17, 15) is 0 Å². The van der Waals surface area contributed by atoms with Gasteiger partial charge in [0.05, 0.1) is 5.69 Å². The van der Waals surface area contributed by atoms with Crippen molar-refractivity contribution in [1.82, 2.24) is 14.9 Å². The van der Waals surface area contributed by atoms with Crippen LogP contribution in [-0.2, 0) is 0 Å². The third-order valence-corrected chi connectivity index (χ3v) is 4.99. The summed E-state index contributed by atoms with van der Waals surface area (Å²) in [5.41, 5.74) is 3.21. The zero-order chi connectivity index (χ0) is 17.1. The molecule has 1 N–H and O–H groups in total. The summed E-state index contributed by atoms with van der Waals surface area (Å²) in [5.74, 6) is 1.65. The highest BCUT2D eigenvalue weighted by Gasteiger charge is 2.18.